The molecule has 1 aliphatic heterocycles. The van der Waals surface area contributed by atoms with Gasteiger partial charge in [0, 0.05) is 12.2 Å². The molecule has 0 aliphatic carbocycles. The Hall–Kier alpha value is -1.23. The van der Waals surface area contributed by atoms with E-state index in [1.807, 2.05) is 33.8 Å². The minimum atomic E-state index is -0.453. The van der Waals surface area contributed by atoms with Gasteiger partial charge in [0.2, 0.25) is 0 Å². The number of rotatable bonds is 1. The van der Waals surface area contributed by atoms with Gasteiger partial charge < -0.3 is 14.6 Å². The molecule has 5 nitrogen and oxygen atoms in total. The van der Waals surface area contributed by atoms with E-state index in [-0.39, 0.29) is 6.09 Å². The molecule has 0 unspecified atom stereocenters. The lowest BCUT2D eigenvalue weighted by Gasteiger charge is -2.36. The minimum Gasteiger partial charge on any atom is -0.444 e. The number of piperazine rings is 1. The van der Waals surface area contributed by atoms with Crippen LogP contribution in [0.4, 0.5) is 4.79 Å². The van der Waals surface area contributed by atoms with Gasteiger partial charge in [0.1, 0.15) is 5.60 Å². The molecule has 2 N–H and O–H groups in total. The Labute approximate surface area is 103 Å². The maximum atomic E-state index is 11.9. The van der Waals surface area contributed by atoms with E-state index in [0.29, 0.717) is 19.6 Å². The van der Waals surface area contributed by atoms with Crippen molar-refractivity contribution in [2.24, 2.45) is 5.84 Å². The quantitative estimate of drug-likeness (QED) is 0.710. The Balaban J connectivity index is 2.62. The summed E-state index contributed by atoms with van der Waals surface area (Å²) in [5.41, 5.74) is 0.524. The zero-order valence-corrected chi connectivity index (χ0v) is 11.2. The predicted molar refractivity (Wildman–Crippen MR) is 67.1 cm³/mol. The number of nitrogens with two attached hydrogens (primary N) is 1. The molecule has 5 heteroatoms. The summed E-state index contributed by atoms with van der Waals surface area (Å²) in [6.07, 6.45) is 2.68. The lowest BCUT2D eigenvalue weighted by Crippen LogP contribution is -2.50. The van der Waals surface area contributed by atoms with Crippen LogP contribution in [0.1, 0.15) is 34.1 Å². The van der Waals surface area contributed by atoms with Gasteiger partial charge >= 0.3 is 6.09 Å². The van der Waals surface area contributed by atoms with Crippen LogP contribution in [0.2, 0.25) is 0 Å². The molecule has 0 atom stereocenters. The van der Waals surface area contributed by atoms with Crippen LogP contribution in [0, 0.1) is 0 Å². The second-order valence-electron chi connectivity index (χ2n) is 5.20. The standard InChI is InChI=1S/C12H23N3O2/c1-5-6-10-9-14(7-8-15(10)13)11(16)17-12(2,3)4/h6H,5,7-9,13H2,1-4H3/b10-6-. The van der Waals surface area contributed by atoms with Crippen LogP contribution < -0.4 is 5.84 Å². The van der Waals surface area contributed by atoms with E-state index < -0.39 is 5.60 Å². The van der Waals surface area contributed by atoms with Crippen molar-refractivity contribution >= 4 is 6.09 Å². The van der Waals surface area contributed by atoms with E-state index in [0.717, 1.165) is 12.1 Å². The molecule has 1 amide bonds. The van der Waals surface area contributed by atoms with Crippen molar-refractivity contribution in [3.8, 4) is 0 Å². The van der Waals surface area contributed by atoms with E-state index in [4.69, 9.17) is 10.6 Å². The molecule has 0 aromatic heterocycles. The number of carbonyl (C=O) groups excluding carboxylic acids is 1. The Morgan fingerprint density at radius 3 is 2.65 bits per heavy atom. The van der Waals surface area contributed by atoms with E-state index in [1.165, 1.54) is 0 Å². The van der Waals surface area contributed by atoms with E-state index in [1.54, 1.807) is 9.91 Å². The number of allylic oxidation sites excluding steroid dienone is 1. The van der Waals surface area contributed by atoms with Gasteiger partial charge in [-0.3, -0.25) is 0 Å². The smallest absolute Gasteiger partial charge is 0.410 e. The van der Waals surface area contributed by atoms with Crippen LogP contribution in [-0.4, -0.2) is 41.2 Å². The van der Waals surface area contributed by atoms with Gasteiger partial charge in [0.15, 0.2) is 0 Å². The van der Waals surface area contributed by atoms with Gasteiger partial charge in [0.25, 0.3) is 0 Å². The second-order valence-corrected chi connectivity index (χ2v) is 5.20. The molecule has 98 valence electrons. The zero-order valence-electron chi connectivity index (χ0n) is 11.2. The number of carbonyl (C=O) groups is 1. The first-order chi connectivity index (χ1) is 7.83. The lowest BCUT2D eigenvalue weighted by atomic mass is 10.2. The first-order valence-corrected chi connectivity index (χ1v) is 6.02. The zero-order chi connectivity index (χ0) is 13.1. The molecule has 0 spiro atoms. The van der Waals surface area contributed by atoms with Crippen molar-refractivity contribution in [2.75, 3.05) is 19.6 Å². The molecule has 1 rings (SSSR count). The Bertz CT molecular complexity index is 307. The fraction of sp³-hybridized carbons (Fsp3) is 0.750. The number of nitrogens with zero attached hydrogens (tertiary/aromatic N) is 2. The fourth-order valence-electron chi connectivity index (χ4n) is 1.64. The molecule has 0 aromatic rings. The number of hydrazine groups is 1. The fourth-order valence-corrected chi connectivity index (χ4v) is 1.64. The second kappa shape index (κ2) is 5.40. The van der Waals surface area contributed by atoms with Gasteiger partial charge in [-0.1, -0.05) is 13.0 Å². The van der Waals surface area contributed by atoms with Crippen molar-refractivity contribution in [3.05, 3.63) is 11.8 Å². The van der Waals surface area contributed by atoms with Crippen LogP contribution in [0.3, 0.4) is 0 Å². The third kappa shape index (κ3) is 4.26. The van der Waals surface area contributed by atoms with Crippen LogP contribution in [0.5, 0.6) is 0 Å². The van der Waals surface area contributed by atoms with Gasteiger partial charge in [0.05, 0.1) is 13.1 Å². The maximum Gasteiger partial charge on any atom is 0.410 e. The average molecular weight is 241 g/mol. The lowest BCUT2D eigenvalue weighted by molar-refractivity contribution is 0.0198. The summed E-state index contributed by atoms with van der Waals surface area (Å²) in [6.45, 7) is 9.43. The van der Waals surface area contributed by atoms with Gasteiger partial charge in [-0.2, -0.15) is 0 Å². The maximum absolute atomic E-state index is 11.9. The van der Waals surface area contributed by atoms with Gasteiger partial charge in [-0.25, -0.2) is 10.6 Å². The number of hydrogen-bond acceptors (Lipinski definition) is 4. The molecule has 1 aliphatic rings. The van der Waals surface area contributed by atoms with Crippen molar-refractivity contribution in [1.29, 1.82) is 0 Å². The molecule has 0 saturated carbocycles. The summed E-state index contributed by atoms with van der Waals surface area (Å²) < 4.78 is 5.34. The van der Waals surface area contributed by atoms with Gasteiger partial charge in [-0.05, 0) is 27.2 Å². The summed E-state index contributed by atoms with van der Waals surface area (Å²) in [6, 6.07) is 0. The van der Waals surface area contributed by atoms with Crippen molar-refractivity contribution < 1.29 is 9.53 Å². The van der Waals surface area contributed by atoms with Crippen LogP contribution in [0.25, 0.3) is 0 Å². The average Bonchev–Trinajstić information content (AvgIpc) is 2.19. The first kappa shape index (κ1) is 13.8. The highest BCUT2D eigenvalue weighted by molar-refractivity contribution is 5.68. The Morgan fingerprint density at radius 2 is 2.12 bits per heavy atom. The Morgan fingerprint density at radius 1 is 1.47 bits per heavy atom. The number of hydrogen-bond donors (Lipinski definition) is 1. The van der Waals surface area contributed by atoms with Gasteiger partial charge in [-0.15, -0.1) is 0 Å². The normalized spacial score (nSPS) is 19.7. The number of ether oxygens (including phenoxy) is 1. The summed E-state index contributed by atoms with van der Waals surface area (Å²) in [7, 11) is 0. The molecule has 0 aromatic carbocycles. The largest absolute Gasteiger partial charge is 0.444 e. The SMILES string of the molecule is CC/C=C1/CN(C(=O)OC(C)(C)C)CCN1N. The molecule has 1 heterocycles. The van der Waals surface area contributed by atoms with Crippen LogP contribution in [-0.2, 0) is 4.74 Å². The van der Waals surface area contributed by atoms with Crippen molar-refractivity contribution in [1.82, 2.24) is 9.91 Å². The highest BCUT2D eigenvalue weighted by Gasteiger charge is 2.26. The highest BCUT2D eigenvalue weighted by Crippen LogP contribution is 2.15. The molecular weight excluding hydrogens is 218 g/mol. The molecule has 17 heavy (non-hydrogen) atoms. The molecule has 0 bridgehead atoms. The minimum absolute atomic E-state index is 0.271. The third-order valence-electron chi connectivity index (χ3n) is 2.42. The first-order valence-electron chi connectivity index (χ1n) is 6.02. The molecule has 1 fully saturated rings. The van der Waals surface area contributed by atoms with Crippen LogP contribution >= 0.6 is 0 Å². The molecule has 0 radical (unpaired) electrons. The van der Waals surface area contributed by atoms with E-state index in [2.05, 4.69) is 0 Å². The summed E-state index contributed by atoms with van der Waals surface area (Å²) in [4.78, 5) is 13.6. The number of amides is 1. The monoisotopic (exact) mass is 241 g/mol. The van der Waals surface area contributed by atoms with Crippen molar-refractivity contribution in [3.63, 3.8) is 0 Å². The third-order valence-corrected chi connectivity index (χ3v) is 2.42. The topological polar surface area (TPSA) is 58.8 Å². The van der Waals surface area contributed by atoms with Crippen molar-refractivity contribution in [2.45, 2.75) is 39.7 Å². The summed E-state index contributed by atoms with van der Waals surface area (Å²) in [5.74, 6) is 5.84. The highest BCUT2D eigenvalue weighted by atomic mass is 16.6. The molecular formula is C12H23N3O2. The Kier molecular flexibility index (Phi) is 4.40. The predicted octanol–water partition coefficient (Wildman–Crippen LogP) is 1.71. The van der Waals surface area contributed by atoms with Crippen LogP contribution in [0.15, 0.2) is 11.8 Å². The summed E-state index contributed by atoms with van der Waals surface area (Å²) >= 11 is 0. The summed E-state index contributed by atoms with van der Waals surface area (Å²) in [5, 5.41) is 1.70. The van der Waals surface area contributed by atoms with E-state index >= 15 is 0 Å². The molecule has 1 saturated heterocycles. The van der Waals surface area contributed by atoms with E-state index in [9.17, 15) is 4.79 Å².